The molecule has 1 unspecified atom stereocenters. The SMILES string of the molecule is Cc1cccc(CC(Cc2cccc(Cl)c2Cl)NN)c1. The molecule has 20 heavy (non-hydrogen) atoms. The molecular weight excluding hydrogens is 291 g/mol. The van der Waals surface area contributed by atoms with Gasteiger partial charge in [0.25, 0.3) is 0 Å². The molecule has 3 N–H and O–H groups in total. The molecule has 0 aliphatic rings. The van der Waals surface area contributed by atoms with Crippen molar-refractivity contribution in [3.8, 4) is 0 Å². The predicted molar refractivity (Wildman–Crippen MR) is 86.2 cm³/mol. The van der Waals surface area contributed by atoms with E-state index in [-0.39, 0.29) is 6.04 Å². The summed E-state index contributed by atoms with van der Waals surface area (Å²) in [6.07, 6.45) is 1.59. The minimum atomic E-state index is 0.118. The van der Waals surface area contributed by atoms with Gasteiger partial charge in [0.1, 0.15) is 0 Å². The molecule has 2 aromatic carbocycles. The lowest BCUT2D eigenvalue weighted by molar-refractivity contribution is 0.522. The van der Waals surface area contributed by atoms with E-state index in [0.717, 1.165) is 18.4 Å². The minimum absolute atomic E-state index is 0.118. The summed E-state index contributed by atoms with van der Waals surface area (Å²) in [5.74, 6) is 5.67. The van der Waals surface area contributed by atoms with Crippen molar-refractivity contribution in [3.05, 3.63) is 69.2 Å². The van der Waals surface area contributed by atoms with Crippen LogP contribution in [0.2, 0.25) is 10.0 Å². The van der Waals surface area contributed by atoms with E-state index in [2.05, 4.69) is 36.6 Å². The zero-order valence-corrected chi connectivity index (χ0v) is 12.9. The Morgan fingerprint density at radius 2 is 1.85 bits per heavy atom. The summed E-state index contributed by atoms with van der Waals surface area (Å²) in [5, 5.41) is 1.19. The van der Waals surface area contributed by atoms with E-state index in [0.29, 0.717) is 10.0 Å². The first-order chi connectivity index (χ1) is 9.60. The lowest BCUT2D eigenvalue weighted by Crippen LogP contribution is -2.38. The van der Waals surface area contributed by atoms with Crippen LogP contribution in [-0.2, 0) is 12.8 Å². The third kappa shape index (κ3) is 3.97. The lowest BCUT2D eigenvalue weighted by Gasteiger charge is -2.17. The van der Waals surface area contributed by atoms with Gasteiger partial charge in [-0.05, 0) is 37.0 Å². The van der Waals surface area contributed by atoms with Gasteiger partial charge >= 0.3 is 0 Å². The average Bonchev–Trinajstić information content (AvgIpc) is 2.43. The first-order valence-electron chi connectivity index (χ1n) is 6.54. The molecule has 2 rings (SSSR count). The summed E-state index contributed by atoms with van der Waals surface area (Å²) < 4.78 is 0. The number of hydrazine groups is 1. The van der Waals surface area contributed by atoms with Crippen molar-refractivity contribution in [2.24, 2.45) is 5.84 Å². The molecular formula is C16H18Cl2N2. The Kier molecular flexibility index (Phi) is 5.44. The van der Waals surface area contributed by atoms with E-state index in [1.807, 2.05) is 12.1 Å². The maximum Gasteiger partial charge on any atom is 0.0624 e. The molecule has 0 bridgehead atoms. The summed E-state index contributed by atoms with van der Waals surface area (Å²) in [6.45, 7) is 2.09. The van der Waals surface area contributed by atoms with Crippen LogP contribution in [0, 0.1) is 6.92 Å². The van der Waals surface area contributed by atoms with Crippen LogP contribution in [0.5, 0.6) is 0 Å². The molecule has 0 aromatic heterocycles. The number of nitrogens with two attached hydrogens (primary N) is 1. The summed E-state index contributed by atoms with van der Waals surface area (Å²) in [6, 6.07) is 14.2. The fourth-order valence-electron chi connectivity index (χ4n) is 2.29. The third-order valence-electron chi connectivity index (χ3n) is 3.30. The molecule has 0 aliphatic heterocycles. The second kappa shape index (κ2) is 7.09. The average molecular weight is 309 g/mol. The highest BCUT2D eigenvalue weighted by Gasteiger charge is 2.12. The fraction of sp³-hybridized carbons (Fsp3) is 0.250. The third-order valence-corrected chi connectivity index (χ3v) is 4.16. The lowest BCUT2D eigenvalue weighted by atomic mass is 9.98. The standard InChI is InChI=1S/C16H18Cl2N2/c1-11-4-2-5-12(8-11)9-14(20-19)10-13-6-3-7-15(17)16(13)18/h2-8,14,20H,9-10,19H2,1H3. The van der Waals surface area contributed by atoms with Crippen molar-refractivity contribution < 1.29 is 0 Å². The molecule has 0 aliphatic carbocycles. The number of benzene rings is 2. The van der Waals surface area contributed by atoms with Gasteiger partial charge in [-0.15, -0.1) is 0 Å². The molecule has 4 heteroatoms. The zero-order valence-electron chi connectivity index (χ0n) is 11.4. The van der Waals surface area contributed by atoms with Gasteiger partial charge < -0.3 is 0 Å². The number of aryl methyl sites for hydroxylation is 1. The number of hydrogen-bond acceptors (Lipinski definition) is 2. The number of rotatable bonds is 5. The molecule has 0 fully saturated rings. The second-order valence-electron chi connectivity index (χ2n) is 4.97. The molecule has 1 atom stereocenters. The van der Waals surface area contributed by atoms with E-state index >= 15 is 0 Å². The molecule has 2 nitrogen and oxygen atoms in total. The number of halogens is 2. The van der Waals surface area contributed by atoms with Crippen LogP contribution >= 0.6 is 23.2 Å². The van der Waals surface area contributed by atoms with Crippen LogP contribution in [0.25, 0.3) is 0 Å². The van der Waals surface area contributed by atoms with Gasteiger partial charge in [0.15, 0.2) is 0 Å². The molecule has 0 amide bonds. The topological polar surface area (TPSA) is 38.0 Å². The normalized spacial score (nSPS) is 12.4. The summed E-state index contributed by atoms with van der Waals surface area (Å²) in [4.78, 5) is 0. The highest BCUT2D eigenvalue weighted by molar-refractivity contribution is 6.42. The van der Waals surface area contributed by atoms with Crippen molar-refractivity contribution in [2.45, 2.75) is 25.8 Å². The molecule has 0 saturated heterocycles. The van der Waals surface area contributed by atoms with Gasteiger partial charge in [0.05, 0.1) is 10.0 Å². The molecule has 0 heterocycles. The highest BCUT2D eigenvalue weighted by atomic mass is 35.5. The number of hydrogen-bond donors (Lipinski definition) is 2. The highest BCUT2D eigenvalue weighted by Crippen LogP contribution is 2.26. The Hall–Kier alpha value is -1.06. The molecule has 106 valence electrons. The van der Waals surface area contributed by atoms with E-state index in [1.165, 1.54) is 11.1 Å². The Labute approximate surface area is 129 Å². The van der Waals surface area contributed by atoms with E-state index in [4.69, 9.17) is 29.0 Å². The Bertz CT molecular complexity index is 584. The van der Waals surface area contributed by atoms with Gasteiger partial charge in [-0.25, -0.2) is 0 Å². The molecule has 0 saturated carbocycles. The number of nitrogens with one attached hydrogen (secondary N) is 1. The van der Waals surface area contributed by atoms with Gasteiger partial charge in [-0.2, -0.15) is 0 Å². The van der Waals surface area contributed by atoms with Crippen LogP contribution < -0.4 is 11.3 Å². The second-order valence-corrected chi connectivity index (χ2v) is 5.76. The Morgan fingerprint density at radius 1 is 1.10 bits per heavy atom. The zero-order chi connectivity index (χ0) is 14.5. The van der Waals surface area contributed by atoms with Crippen LogP contribution in [0.1, 0.15) is 16.7 Å². The molecule has 0 radical (unpaired) electrons. The van der Waals surface area contributed by atoms with E-state index in [1.54, 1.807) is 6.07 Å². The van der Waals surface area contributed by atoms with E-state index < -0.39 is 0 Å². The fourth-order valence-corrected chi connectivity index (χ4v) is 2.68. The van der Waals surface area contributed by atoms with Crippen molar-refractivity contribution in [2.75, 3.05) is 0 Å². The Morgan fingerprint density at radius 3 is 2.55 bits per heavy atom. The van der Waals surface area contributed by atoms with Crippen LogP contribution in [0.3, 0.4) is 0 Å². The van der Waals surface area contributed by atoms with Crippen molar-refractivity contribution in [1.29, 1.82) is 0 Å². The smallest absolute Gasteiger partial charge is 0.0624 e. The first-order valence-corrected chi connectivity index (χ1v) is 7.30. The minimum Gasteiger partial charge on any atom is -0.271 e. The van der Waals surface area contributed by atoms with Crippen molar-refractivity contribution in [3.63, 3.8) is 0 Å². The van der Waals surface area contributed by atoms with Crippen LogP contribution in [0.15, 0.2) is 42.5 Å². The van der Waals surface area contributed by atoms with Crippen molar-refractivity contribution in [1.82, 2.24) is 5.43 Å². The monoisotopic (exact) mass is 308 g/mol. The largest absolute Gasteiger partial charge is 0.271 e. The van der Waals surface area contributed by atoms with Gasteiger partial charge in [0.2, 0.25) is 0 Å². The Balaban J connectivity index is 2.11. The van der Waals surface area contributed by atoms with Crippen LogP contribution in [-0.4, -0.2) is 6.04 Å². The van der Waals surface area contributed by atoms with Gasteiger partial charge in [0, 0.05) is 6.04 Å². The summed E-state index contributed by atoms with van der Waals surface area (Å²) in [5.41, 5.74) is 6.38. The first kappa shape index (κ1) is 15.3. The summed E-state index contributed by atoms with van der Waals surface area (Å²) in [7, 11) is 0. The van der Waals surface area contributed by atoms with Gasteiger partial charge in [-0.3, -0.25) is 11.3 Å². The molecule has 0 spiro atoms. The predicted octanol–water partition coefficient (Wildman–Crippen LogP) is 3.92. The maximum atomic E-state index is 6.22. The van der Waals surface area contributed by atoms with Crippen molar-refractivity contribution >= 4 is 23.2 Å². The maximum absolute atomic E-state index is 6.22. The van der Waals surface area contributed by atoms with Crippen LogP contribution in [0.4, 0.5) is 0 Å². The van der Waals surface area contributed by atoms with Gasteiger partial charge in [-0.1, -0.05) is 65.2 Å². The quantitative estimate of drug-likeness (QED) is 0.649. The van der Waals surface area contributed by atoms with E-state index in [9.17, 15) is 0 Å². The molecule has 2 aromatic rings. The summed E-state index contributed by atoms with van der Waals surface area (Å²) >= 11 is 12.3.